The van der Waals surface area contributed by atoms with Crippen molar-refractivity contribution in [2.45, 2.75) is 77.0 Å². The Hall–Kier alpha value is -0.610. The number of carbonyl (C=O) groups excluding carboxylic acids is 1. The lowest BCUT2D eigenvalue weighted by Crippen LogP contribution is -2.59. The van der Waals surface area contributed by atoms with E-state index in [-0.39, 0.29) is 18.1 Å². The molecule has 4 nitrogen and oxygen atoms in total. The fourth-order valence-electron chi connectivity index (χ4n) is 3.12. The molecule has 4 heteroatoms. The predicted molar refractivity (Wildman–Crippen MR) is 78.6 cm³/mol. The highest BCUT2D eigenvalue weighted by atomic mass is 16.5. The lowest BCUT2D eigenvalue weighted by atomic mass is 9.79. The highest BCUT2D eigenvalue weighted by molar-refractivity contribution is 5.81. The molecule has 0 aromatic rings. The van der Waals surface area contributed by atoms with Gasteiger partial charge in [0.2, 0.25) is 0 Å². The third kappa shape index (κ3) is 4.19. The Morgan fingerprint density at radius 1 is 1.35 bits per heavy atom. The summed E-state index contributed by atoms with van der Waals surface area (Å²) in [6.45, 7) is 7.33. The van der Waals surface area contributed by atoms with E-state index in [9.17, 15) is 4.79 Å². The van der Waals surface area contributed by atoms with Crippen molar-refractivity contribution in [1.82, 2.24) is 5.32 Å². The molecule has 0 amide bonds. The number of hydrogen-bond acceptors (Lipinski definition) is 4. The van der Waals surface area contributed by atoms with E-state index in [4.69, 9.17) is 9.47 Å². The highest BCUT2D eigenvalue weighted by Gasteiger charge is 2.44. The number of rotatable bonds is 7. The Morgan fingerprint density at radius 2 is 2.10 bits per heavy atom. The first-order chi connectivity index (χ1) is 9.55. The standard InChI is InChI=1S/C16H29NO3/c1-4-19-15(18)16(17-12(2)3)9-5-6-14(10-16)20-11-13-7-8-13/h12-14,17H,4-11H2,1-3H3. The van der Waals surface area contributed by atoms with Gasteiger partial charge >= 0.3 is 5.97 Å². The monoisotopic (exact) mass is 283 g/mol. The molecular weight excluding hydrogens is 254 g/mol. The van der Waals surface area contributed by atoms with Crippen molar-refractivity contribution in [3.05, 3.63) is 0 Å². The number of esters is 1. The Bertz CT molecular complexity index is 328. The van der Waals surface area contributed by atoms with Crippen molar-refractivity contribution < 1.29 is 14.3 Å². The topological polar surface area (TPSA) is 47.6 Å². The zero-order valence-electron chi connectivity index (χ0n) is 13.1. The molecule has 116 valence electrons. The van der Waals surface area contributed by atoms with Gasteiger partial charge in [-0.1, -0.05) is 0 Å². The molecule has 2 atom stereocenters. The van der Waals surface area contributed by atoms with Gasteiger partial charge in [-0.2, -0.15) is 0 Å². The molecule has 2 unspecified atom stereocenters. The molecular formula is C16H29NO3. The molecule has 0 saturated heterocycles. The van der Waals surface area contributed by atoms with Gasteiger partial charge < -0.3 is 9.47 Å². The zero-order valence-corrected chi connectivity index (χ0v) is 13.1. The van der Waals surface area contributed by atoms with Gasteiger partial charge in [-0.15, -0.1) is 0 Å². The highest BCUT2D eigenvalue weighted by Crippen LogP contribution is 2.34. The summed E-state index contributed by atoms with van der Waals surface area (Å²) in [4.78, 5) is 12.4. The first-order valence-corrected chi connectivity index (χ1v) is 8.12. The molecule has 0 spiro atoms. The average molecular weight is 283 g/mol. The van der Waals surface area contributed by atoms with Gasteiger partial charge in [0.25, 0.3) is 0 Å². The first kappa shape index (κ1) is 15.8. The van der Waals surface area contributed by atoms with Crippen LogP contribution >= 0.6 is 0 Å². The lowest BCUT2D eigenvalue weighted by Gasteiger charge is -2.40. The van der Waals surface area contributed by atoms with Gasteiger partial charge in [-0.25, -0.2) is 0 Å². The summed E-state index contributed by atoms with van der Waals surface area (Å²) >= 11 is 0. The summed E-state index contributed by atoms with van der Waals surface area (Å²) in [5.41, 5.74) is -0.545. The van der Waals surface area contributed by atoms with Crippen LogP contribution in [0.5, 0.6) is 0 Å². The zero-order chi connectivity index (χ0) is 14.6. The van der Waals surface area contributed by atoms with E-state index in [0.717, 1.165) is 38.2 Å². The van der Waals surface area contributed by atoms with E-state index in [1.54, 1.807) is 0 Å². The maximum absolute atomic E-state index is 12.4. The molecule has 2 saturated carbocycles. The van der Waals surface area contributed by atoms with E-state index in [1.807, 2.05) is 6.92 Å². The fraction of sp³-hybridized carbons (Fsp3) is 0.938. The lowest BCUT2D eigenvalue weighted by molar-refractivity contribution is -0.156. The Morgan fingerprint density at radius 3 is 2.70 bits per heavy atom. The second kappa shape index (κ2) is 6.90. The molecule has 2 aliphatic rings. The second-order valence-corrected chi connectivity index (χ2v) is 6.60. The molecule has 0 aromatic heterocycles. The quantitative estimate of drug-likeness (QED) is 0.730. The maximum Gasteiger partial charge on any atom is 0.326 e. The van der Waals surface area contributed by atoms with Crippen LogP contribution in [0.3, 0.4) is 0 Å². The van der Waals surface area contributed by atoms with Gasteiger partial charge in [0.05, 0.1) is 12.7 Å². The smallest absolute Gasteiger partial charge is 0.326 e. The van der Waals surface area contributed by atoms with E-state index < -0.39 is 5.54 Å². The van der Waals surface area contributed by atoms with Crippen LogP contribution in [0.2, 0.25) is 0 Å². The van der Waals surface area contributed by atoms with Crippen molar-refractivity contribution in [2.24, 2.45) is 5.92 Å². The van der Waals surface area contributed by atoms with Crippen LogP contribution in [-0.4, -0.2) is 36.9 Å². The van der Waals surface area contributed by atoms with Crippen molar-refractivity contribution in [1.29, 1.82) is 0 Å². The van der Waals surface area contributed by atoms with Crippen molar-refractivity contribution in [3.8, 4) is 0 Å². The van der Waals surface area contributed by atoms with Gasteiger partial charge in [0, 0.05) is 19.1 Å². The average Bonchev–Trinajstić information content (AvgIpc) is 3.20. The molecule has 0 aromatic carbocycles. The number of hydrogen-bond donors (Lipinski definition) is 1. The van der Waals surface area contributed by atoms with Crippen LogP contribution in [-0.2, 0) is 14.3 Å². The minimum Gasteiger partial charge on any atom is -0.465 e. The number of nitrogens with one attached hydrogen (secondary N) is 1. The summed E-state index contributed by atoms with van der Waals surface area (Å²) in [6.07, 6.45) is 6.49. The molecule has 0 heterocycles. The third-order valence-corrected chi connectivity index (χ3v) is 4.20. The number of carbonyl (C=O) groups is 1. The second-order valence-electron chi connectivity index (χ2n) is 6.60. The third-order valence-electron chi connectivity index (χ3n) is 4.20. The van der Waals surface area contributed by atoms with E-state index in [1.165, 1.54) is 12.8 Å². The summed E-state index contributed by atoms with van der Waals surface area (Å²) in [5, 5.41) is 3.46. The van der Waals surface area contributed by atoms with Crippen molar-refractivity contribution >= 4 is 5.97 Å². The van der Waals surface area contributed by atoms with Crippen molar-refractivity contribution in [3.63, 3.8) is 0 Å². The Kier molecular flexibility index (Phi) is 5.44. The van der Waals surface area contributed by atoms with E-state index in [0.29, 0.717) is 6.61 Å². The molecule has 1 N–H and O–H groups in total. The Labute approximate surface area is 122 Å². The van der Waals surface area contributed by atoms with Crippen LogP contribution in [0.1, 0.15) is 59.3 Å². The van der Waals surface area contributed by atoms with Gasteiger partial charge in [-0.3, -0.25) is 10.1 Å². The van der Waals surface area contributed by atoms with Gasteiger partial charge in [-0.05, 0) is 58.8 Å². The molecule has 0 radical (unpaired) electrons. The van der Waals surface area contributed by atoms with E-state index in [2.05, 4.69) is 19.2 Å². The first-order valence-electron chi connectivity index (χ1n) is 8.12. The molecule has 0 aliphatic heterocycles. The van der Waals surface area contributed by atoms with Gasteiger partial charge in [0.1, 0.15) is 5.54 Å². The molecule has 2 fully saturated rings. The van der Waals surface area contributed by atoms with Crippen LogP contribution in [0, 0.1) is 5.92 Å². The summed E-state index contributed by atoms with van der Waals surface area (Å²) in [5.74, 6) is 0.667. The van der Waals surface area contributed by atoms with Crippen LogP contribution in [0.4, 0.5) is 0 Å². The van der Waals surface area contributed by atoms with Gasteiger partial charge in [0.15, 0.2) is 0 Å². The fourth-order valence-corrected chi connectivity index (χ4v) is 3.12. The summed E-state index contributed by atoms with van der Waals surface area (Å²) in [7, 11) is 0. The Balaban J connectivity index is 1.97. The molecule has 20 heavy (non-hydrogen) atoms. The molecule has 2 aliphatic carbocycles. The number of ether oxygens (including phenoxy) is 2. The minimum absolute atomic E-state index is 0.103. The molecule has 0 bridgehead atoms. The normalized spacial score (nSPS) is 30.5. The van der Waals surface area contributed by atoms with Crippen molar-refractivity contribution in [2.75, 3.05) is 13.2 Å². The largest absolute Gasteiger partial charge is 0.465 e. The minimum atomic E-state index is -0.545. The predicted octanol–water partition coefficient (Wildman–Crippen LogP) is 2.66. The van der Waals surface area contributed by atoms with Crippen LogP contribution in [0.25, 0.3) is 0 Å². The van der Waals surface area contributed by atoms with E-state index >= 15 is 0 Å². The van der Waals surface area contributed by atoms with Crippen LogP contribution < -0.4 is 5.32 Å². The molecule has 2 rings (SSSR count). The summed E-state index contributed by atoms with van der Waals surface area (Å²) in [6, 6.07) is 0.265. The SMILES string of the molecule is CCOC(=O)C1(NC(C)C)CCCC(OCC2CC2)C1. The van der Waals surface area contributed by atoms with Crippen LogP contribution in [0.15, 0.2) is 0 Å². The maximum atomic E-state index is 12.4. The summed E-state index contributed by atoms with van der Waals surface area (Å²) < 4.78 is 11.3.